The molecule has 212 valence electrons. The molecule has 1 aromatic rings. The summed E-state index contributed by atoms with van der Waals surface area (Å²) in [5, 5.41) is 2.79. The zero-order valence-electron chi connectivity index (χ0n) is 24.8. The van der Waals surface area contributed by atoms with Gasteiger partial charge in [0.2, 0.25) is 11.9 Å². The Labute approximate surface area is 228 Å². The van der Waals surface area contributed by atoms with Crippen molar-refractivity contribution < 1.29 is 23.6 Å². The Balaban J connectivity index is 1.58. The zero-order valence-corrected chi connectivity index (χ0v) is 24.8. The minimum atomic E-state index is -0.632. The van der Waals surface area contributed by atoms with E-state index < -0.39 is 36.1 Å². The molecule has 1 N–H and O–H groups in total. The quantitative estimate of drug-likeness (QED) is 0.536. The number of carbonyl (C=O) groups excluding carboxylic acids is 2. The first-order valence-corrected chi connectivity index (χ1v) is 13.7. The van der Waals surface area contributed by atoms with Crippen LogP contribution in [0.3, 0.4) is 0 Å². The Bertz CT molecular complexity index is 963. The standard InChI is InChI=1S/C27H46BN5O5/c1-18(2)21(31-24(35)36-25(3,4)5)22(34)33-13-11-12-19(17-33)16-32(10)23-29-14-20(15-30-23)28-37-26(6,7)27(8,9)38-28/h14-15,18-19,21H,11-13,16-17H2,1-10H3,(H,31,35)/t19-,21-/m1/s1. The van der Waals surface area contributed by atoms with Crippen LogP contribution in [-0.4, -0.2) is 83.5 Å². The molecule has 2 saturated heterocycles. The first-order valence-electron chi connectivity index (χ1n) is 13.7. The Hall–Kier alpha value is -2.40. The van der Waals surface area contributed by atoms with Crippen LogP contribution in [0, 0.1) is 11.8 Å². The van der Waals surface area contributed by atoms with Gasteiger partial charge in [-0.05, 0) is 73.1 Å². The van der Waals surface area contributed by atoms with Crippen molar-refractivity contribution in [3.63, 3.8) is 0 Å². The first-order chi connectivity index (χ1) is 17.5. The van der Waals surface area contributed by atoms with E-state index in [0.29, 0.717) is 25.6 Å². The molecule has 38 heavy (non-hydrogen) atoms. The van der Waals surface area contributed by atoms with Crippen LogP contribution in [0.5, 0.6) is 0 Å². The molecule has 10 nitrogen and oxygen atoms in total. The summed E-state index contributed by atoms with van der Waals surface area (Å²) < 4.78 is 17.6. The van der Waals surface area contributed by atoms with Crippen molar-refractivity contribution in [3.8, 4) is 0 Å². The van der Waals surface area contributed by atoms with Crippen molar-refractivity contribution >= 4 is 30.5 Å². The molecule has 2 atom stereocenters. The second-order valence-electron chi connectivity index (χ2n) is 12.9. The third kappa shape index (κ3) is 7.37. The number of aromatic nitrogens is 2. The van der Waals surface area contributed by atoms with Crippen LogP contribution in [0.15, 0.2) is 12.4 Å². The Morgan fingerprint density at radius 3 is 2.29 bits per heavy atom. The van der Waals surface area contributed by atoms with Gasteiger partial charge in [0.25, 0.3) is 0 Å². The third-order valence-electron chi connectivity index (χ3n) is 7.49. The summed E-state index contributed by atoms with van der Waals surface area (Å²) in [7, 11) is 1.46. The molecule has 2 fully saturated rings. The second-order valence-corrected chi connectivity index (χ2v) is 12.9. The van der Waals surface area contributed by atoms with E-state index in [9.17, 15) is 9.59 Å². The van der Waals surface area contributed by atoms with Crippen LogP contribution in [-0.2, 0) is 18.8 Å². The molecular weight excluding hydrogens is 485 g/mol. The number of anilines is 1. The summed E-state index contributed by atoms with van der Waals surface area (Å²) >= 11 is 0. The highest BCUT2D eigenvalue weighted by molar-refractivity contribution is 6.61. The maximum absolute atomic E-state index is 13.4. The van der Waals surface area contributed by atoms with Gasteiger partial charge in [-0.1, -0.05) is 13.8 Å². The molecule has 2 aliphatic rings. The van der Waals surface area contributed by atoms with E-state index in [0.717, 1.165) is 18.3 Å². The van der Waals surface area contributed by atoms with E-state index in [1.807, 2.05) is 58.4 Å². The number of likely N-dealkylation sites (tertiary alicyclic amines) is 1. The lowest BCUT2D eigenvalue weighted by Gasteiger charge is -2.37. The first kappa shape index (κ1) is 30.2. The van der Waals surface area contributed by atoms with E-state index in [2.05, 4.69) is 15.3 Å². The van der Waals surface area contributed by atoms with E-state index in [1.54, 1.807) is 33.2 Å². The molecule has 11 heteroatoms. The number of nitrogens with one attached hydrogen (secondary N) is 1. The fraction of sp³-hybridized carbons (Fsp3) is 0.778. The van der Waals surface area contributed by atoms with Crippen LogP contribution in [0.2, 0.25) is 0 Å². The van der Waals surface area contributed by atoms with Gasteiger partial charge < -0.3 is 29.2 Å². The average Bonchev–Trinajstić information content (AvgIpc) is 3.02. The highest BCUT2D eigenvalue weighted by Gasteiger charge is 2.52. The van der Waals surface area contributed by atoms with E-state index in [1.165, 1.54) is 0 Å². The van der Waals surface area contributed by atoms with Gasteiger partial charge in [-0.3, -0.25) is 4.79 Å². The smallest absolute Gasteiger partial charge is 0.444 e. The van der Waals surface area contributed by atoms with Crippen LogP contribution in [0.25, 0.3) is 0 Å². The normalized spacial score (nSPS) is 21.8. The Morgan fingerprint density at radius 1 is 1.18 bits per heavy atom. The maximum atomic E-state index is 13.4. The van der Waals surface area contributed by atoms with E-state index >= 15 is 0 Å². The fourth-order valence-electron chi connectivity index (χ4n) is 4.66. The highest BCUT2D eigenvalue weighted by Crippen LogP contribution is 2.36. The summed E-state index contributed by atoms with van der Waals surface area (Å²) in [6.45, 7) is 19.4. The SMILES string of the molecule is CC(C)[C@@H](NC(=O)OC(C)(C)C)C(=O)N1CCC[C@H](CN(C)c2ncc(B3OC(C)(C)C(C)(C)O3)cn2)C1. The van der Waals surface area contributed by atoms with Gasteiger partial charge in [0.15, 0.2) is 0 Å². The molecule has 0 unspecified atom stereocenters. The fourth-order valence-corrected chi connectivity index (χ4v) is 4.66. The number of piperidine rings is 1. The molecule has 0 saturated carbocycles. The molecule has 2 amide bonds. The van der Waals surface area contributed by atoms with Crippen LogP contribution in [0.1, 0.15) is 75.2 Å². The predicted molar refractivity (Wildman–Crippen MR) is 148 cm³/mol. The minimum absolute atomic E-state index is 0.0611. The van der Waals surface area contributed by atoms with Crippen LogP contribution >= 0.6 is 0 Å². The lowest BCUT2D eigenvalue weighted by molar-refractivity contribution is -0.136. The van der Waals surface area contributed by atoms with Crippen molar-refractivity contribution in [1.29, 1.82) is 0 Å². The number of hydrogen-bond donors (Lipinski definition) is 1. The highest BCUT2D eigenvalue weighted by atomic mass is 16.7. The molecular formula is C27H46BN5O5. The summed E-state index contributed by atoms with van der Waals surface area (Å²) in [6.07, 6.45) is 4.86. The number of amides is 2. The third-order valence-corrected chi connectivity index (χ3v) is 7.49. The molecule has 2 aliphatic heterocycles. The number of rotatable bonds is 7. The average molecular weight is 532 g/mol. The van der Waals surface area contributed by atoms with Gasteiger partial charge in [-0.2, -0.15) is 0 Å². The number of carbonyl (C=O) groups is 2. The van der Waals surface area contributed by atoms with Crippen molar-refractivity contribution in [2.24, 2.45) is 11.8 Å². The summed E-state index contributed by atoms with van der Waals surface area (Å²) in [6, 6.07) is -0.632. The molecule has 3 rings (SSSR count). The van der Waals surface area contributed by atoms with Gasteiger partial charge in [-0.25, -0.2) is 14.8 Å². The van der Waals surface area contributed by atoms with Crippen molar-refractivity contribution in [3.05, 3.63) is 12.4 Å². The summed E-state index contributed by atoms with van der Waals surface area (Å²) in [5.74, 6) is 0.744. The zero-order chi connectivity index (χ0) is 28.5. The van der Waals surface area contributed by atoms with Gasteiger partial charge in [0.1, 0.15) is 11.6 Å². The number of nitrogens with zero attached hydrogens (tertiary/aromatic N) is 4. The molecule has 0 spiro atoms. The predicted octanol–water partition coefficient (Wildman–Crippen LogP) is 3.00. The van der Waals surface area contributed by atoms with Crippen molar-refractivity contribution in [1.82, 2.24) is 20.2 Å². The van der Waals surface area contributed by atoms with Crippen LogP contribution < -0.4 is 15.7 Å². The number of alkyl carbamates (subject to hydrolysis) is 1. The van der Waals surface area contributed by atoms with Gasteiger partial charge in [-0.15, -0.1) is 0 Å². The molecule has 0 radical (unpaired) electrons. The van der Waals surface area contributed by atoms with Gasteiger partial charge in [0.05, 0.1) is 11.2 Å². The van der Waals surface area contributed by atoms with Crippen LogP contribution in [0.4, 0.5) is 10.7 Å². The van der Waals surface area contributed by atoms with E-state index in [4.69, 9.17) is 14.0 Å². The number of hydrogen-bond acceptors (Lipinski definition) is 8. The molecule has 0 bridgehead atoms. The molecule has 0 aromatic carbocycles. The lowest BCUT2D eigenvalue weighted by atomic mass is 9.81. The second kappa shape index (κ2) is 11.4. The largest absolute Gasteiger partial charge is 0.498 e. The summed E-state index contributed by atoms with van der Waals surface area (Å²) in [4.78, 5) is 38.8. The van der Waals surface area contributed by atoms with Gasteiger partial charge >= 0.3 is 13.2 Å². The molecule has 0 aliphatic carbocycles. The molecule has 3 heterocycles. The topological polar surface area (TPSA) is 106 Å². The summed E-state index contributed by atoms with van der Waals surface area (Å²) in [5.41, 5.74) is -0.685. The van der Waals surface area contributed by atoms with Crippen molar-refractivity contribution in [2.75, 3.05) is 31.6 Å². The monoisotopic (exact) mass is 531 g/mol. The number of ether oxygens (including phenoxy) is 1. The van der Waals surface area contributed by atoms with E-state index in [-0.39, 0.29) is 17.7 Å². The van der Waals surface area contributed by atoms with Crippen molar-refractivity contribution in [2.45, 2.75) is 98.0 Å². The Kier molecular flexibility index (Phi) is 9.03. The molecule has 1 aromatic heterocycles. The maximum Gasteiger partial charge on any atom is 0.498 e. The van der Waals surface area contributed by atoms with Gasteiger partial charge in [0, 0.05) is 44.5 Å². The minimum Gasteiger partial charge on any atom is -0.444 e. The lowest BCUT2D eigenvalue weighted by Crippen LogP contribution is -2.54. The Morgan fingerprint density at radius 2 is 1.76 bits per heavy atom.